The zero-order valence-electron chi connectivity index (χ0n) is 14.0. The summed E-state index contributed by atoms with van der Waals surface area (Å²) in [6.45, 7) is 1.30. The first-order valence-electron chi connectivity index (χ1n) is 7.88. The van der Waals surface area contributed by atoms with E-state index in [0.717, 1.165) is 12.1 Å². The first kappa shape index (κ1) is 19.0. The molecule has 142 valence electrons. The maximum atomic E-state index is 13.0. The molecule has 1 N–H and O–H groups in total. The Morgan fingerprint density at radius 2 is 1.93 bits per heavy atom. The van der Waals surface area contributed by atoms with Gasteiger partial charge in [-0.2, -0.15) is 13.2 Å². The molecule has 0 aromatic heterocycles. The van der Waals surface area contributed by atoms with Gasteiger partial charge in [0.25, 0.3) is 5.91 Å². The second-order valence-corrected chi connectivity index (χ2v) is 6.29. The van der Waals surface area contributed by atoms with Gasteiger partial charge in [0.2, 0.25) is 5.91 Å². The zero-order chi connectivity index (χ0) is 19.8. The minimum absolute atomic E-state index is 0.0576. The number of ether oxygens (including phenoxy) is 1. The fourth-order valence-corrected chi connectivity index (χ4v) is 2.94. The van der Waals surface area contributed by atoms with Crippen LogP contribution in [0.5, 0.6) is 5.75 Å². The smallest absolute Gasteiger partial charge is 0.417 e. The van der Waals surface area contributed by atoms with Gasteiger partial charge in [-0.05, 0) is 30.3 Å². The molecule has 2 amide bonds. The van der Waals surface area contributed by atoms with Crippen molar-refractivity contribution in [2.45, 2.75) is 19.2 Å². The summed E-state index contributed by atoms with van der Waals surface area (Å²) in [5.74, 6) is -0.619. The molecule has 0 fully saturated rings. The Balaban J connectivity index is 1.82. The number of amides is 2. The van der Waals surface area contributed by atoms with Gasteiger partial charge in [0.1, 0.15) is 5.75 Å². The minimum Gasteiger partial charge on any atom is -0.476 e. The molecule has 0 bridgehead atoms. The van der Waals surface area contributed by atoms with Crippen LogP contribution in [0, 0.1) is 0 Å². The van der Waals surface area contributed by atoms with Crippen molar-refractivity contribution in [1.82, 2.24) is 0 Å². The number of nitrogens with one attached hydrogen (secondary N) is 1. The highest BCUT2D eigenvalue weighted by atomic mass is 35.5. The van der Waals surface area contributed by atoms with Crippen LogP contribution in [0.2, 0.25) is 5.02 Å². The molecule has 1 atom stereocenters. The summed E-state index contributed by atoms with van der Waals surface area (Å²) in [5, 5.41) is 1.91. The average molecular weight is 399 g/mol. The van der Waals surface area contributed by atoms with Crippen molar-refractivity contribution in [1.29, 1.82) is 0 Å². The second-order valence-electron chi connectivity index (χ2n) is 5.89. The largest absolute Gasteiger partial charge is 0.476 e. The lowest BCUT2D eigenvalue weighted by molar-refractivity contribution is -0.137. The summed E-state index contributed by atoms with van der Waals surface area (Å²) in [4.78, 5) is 25.8. The summed E-state index contributed by atoms with van der Waals surface area (Å²) < 4.78 is 44.5. The number of fused-ring (bicyclic) bond motifs is 1. The van der Waals surface area contributed by atoms with Crippen LogP contribution >= 0.6 is 11.6 Å². The number of halogens is 4. The molecule has 1 aliphatic rings. The van der Waals surface area contributed by atoms with E-state index in [-0.39, 0.29) is 18.1 Å². The Kier molecular flexibility index (Phi) is 5.01. The lowest BCUT2D eigenvalue weighted by Crippen LogP contribution is -2.48. The molecule has 0 saturated carbocycles. The fraction of sp³-hybridized carbons (Fsp3) is 0.222. The van der Waals surface area contributed by atoms with Gasteiger partial charge in [0.15, 0.2) is 6.10 Å². The Hall–Kier alpha value is -2.74. The van der Waals surface area contributed by atoms with E-state index in [9.17, 15) is 22.8 Å². The van der Waals surface area contributed by atoms with Crippen LogP contribution in [-0.4, -0.2) is 24.5 Å². The molecule has 2 aromatic rings. The number of carbonyl (C=O) groups excluding carboxylic acids is 2. The Morgan fingerprint density at radius 3 is 2.59 bits per heavy atom. The van der Waals surface area contributed by atoms with E-state index >= 15 is 0 Å². The van der Waals surface area contributed by atoms with Crippen LogP contribution in [0.3, 0.4) is 0 Å². The lowest BCUT2D eigenvalue weighted by Gasteiger charge is -2.33. The molecule has 9 heteroatoms. The maximum Gasteiger partial charge on any atom is 0.417 e. The number of rotatable bonds is 2. The van der Waals surface area contributed by atoms with Crippen LogP contribution < -0.4 is 15.0 Å². The minimum atomic E-state index is -4.65. The highest BCUT2D eigenvalue weighted by molar-refractivity contribution is 6.31. The number of anilines is 2. The predicted molar refractivity (Wildman–Crippen MR) is 94.0 cm³/mol. The van der Waals surface area contributed by atoms with Gasteiger partial charge in [-0.25, -0.2) is 0 Å². The van der Waals surface area contributed by atoms with E-state index in [1.165, 1.54) is 17.9 Å². The number of benzene rings is 2. The quantitative estimate of drug-likeness (QED) is 0.828. The Morgan fingerprint density at radius 1 is 1.22 bits per heavy atom. The standard InChI is InChI=1S/C18H14ClF3N2O3/c1-10(25)24-9-16(27-15-5-3-2-4-14(15)24)17(26)23-11-6-7-13(19)12(8-11)18(20,21)22/h2-8,16H,9H2,1H3,(H,23,26). The number of alkyl halides is 3. The molecule has 0 aliphatic carbocycles. The fourth-order valence-electron chi connectivity index (χ4n) is 2.71. The summed E-state index contributed by atoms with van der Waals surface area (Å²) in [6.07, 6.45) is -5.72. The van der Waals surface area contributed by atoms with Gasteiger partial charge < -0.3 is 15.0 Å². The van der Waals surface area contributed by atoms with E-state index in [2.05, 4.69) is 5.32 Å². The topological polar surface area (TPSA) is 58.6 Å². The molecule has 0 radical (unpaired) electrons. The van der Waals surface area contributed by atoms with Crippen molar-refractivity contribution < 1.29 is 27.5 Å². The molecular weight excluding hydrogens is 385 g/mol. The van der Waals surface area contributed by atoms with Crippen molar-refractivity contribution in [2.24, 2.45) is 0 Å². The number of nitrogens with zero attached hydrogens (tertiary/aromatic N) is 1. The number of para-hydroxylation sites is 2. The predicted octanol–water partition coefficient (Wildman–Crippen LogP) is 4.11. The monoisotopic (exact) mass is 398 g/mol. The Labute approximate surface area is 157 Å². The molecular formula is C18H14ClF3N2O3. The normalized spacial score (nSPS) is 16.3. The van der Waals surface area contributed by atoms with Crippen LogP contribution in [-0.2, 0) is 15.8 Å². The van der Waals surface area contributed by atoms with Gasteiger partial charge in [-0.15, -0.1) is 0 Å². The highest BCUT2D eigenvalue weighted by Crippen LogP contribution is 2.37. The van der Waals surface area contributed by atoms with Crippen LogP contribution in [0.4, 0.5) is 24.5 Å². The number of hydrogen-bond acceptors (Lipinski definition) is 3. The van der Waals surface area contributed by atoms with Crippen molar-refractivity contribution >= 4 is 34.8 Å². The zero-order valence-corrected chi connectivity index (χ0v) is 14.8. The van der Waals surface area contributed by atoms with Gasteiger partial charge in [-0.3, -0.25) is 9.59 Å². The molecule has 3 rings (SSSR count). The second kappa shape index (κ2) is 7.11. The first-order valence-corrected chi connectivity index (χ1v) is 8.26. The summed E-state index contributed by atoms with van der Waals surface area (Å²) in [7, 11) is 0. The van der Waals surface area contributed by atoms with E-state index in [1.807, 2.05) is 0 Å². The summed E-state index contributed by atoms with van der Waals surface area (Å²) in [6, 6.07) is 9.76. The molecule has 1 unspecified atom stereocenters. The van der Waals surface area contributed by atoms with Gasteiger partial charge in [0, 0.05) is 12.6 Å². The van der Waals surface area contributed by atoms with Crippen molar-refractivity contribution in [2.75, 3.05) is 16.8 Å². The van der Waals surface area contributed by atoms with Crippen molar-refractivity contribution in [3.8, 4) is 5.75 Å². The van der Waals surface area contributed by atoms with E-state index < -0.39 is 28.8 Å². The molecule has 27 heavy (non-hydrogen) atoms. The summed E-state index contributed by atoms with van der Waals surface area (Å²) in [5.41, 5.74) is -0.601. The van der Waals surface area contributed by atoms with E-state index in [1.54, 1.807) is 24.3 Å². The first-order chi connectivity index (χ1) is 12.7. The van der Waals surface area contributed by atoms with Crippen molar-refractivity contribution in [3.63, 3.8) is 0 Å². The molecule has 0 spiro atoms. The average Bonchev–Trinajstić information content (AvgIpc) is 2.61. The third-order valence-electron chi connectivity index (χ3n) is 3.99. The number of carbonyl (C=O) groups is 2. The molecule has 1 heterocycles. The summed E-state index contributed by atoms with van der Waals surface area (Å²) >= 11 is 5.57. The van der Waals surface area contributed by atoms with Gasteiger partial charge in [0.05, 0.1) is 22.8 Å². The van der Waals surface area contributed by atoms with Gasteiger partial charge in [-0.1, -0.05) is 23.7 Å². The molecule has 0 saturated heterocycles. The lowest BCUT2D eigenvalue weighted by atomic mass is 10.1. The van der Waals surface area contributed by atoms with E-state index in [0.29, 0.717) is 11.4 Å². The molecule has 2 aromatic carbocycles. The van der Waals surface area contributed by atoms with Crippen molar-refractivity contribution in [3.05, 3.63) is 53.1 Å². The molecule has 5 nitrogen and oxygen atoms in total. The third kappa shape index (κ3) is 4.00. The van der Waals surface area contributed by atoms with Crippen LogP contribution in [0.15, 0.2) is 42.5 Å². The molecule has 1 aliphatic heterocycles. The Bertz CT molecular complexity index is 902. The highest BCUT2D eigenvalue weighted by Gasteiger charge is 2.35. The SMILES string of the molecule is CC(=O)N1CC(C(=O)Nc2ccc(Cl)c(C(F)(F)F)c2)Oc2ccccc21. The van der Waals surface area contributed by atoms with Crippen LogP contribution in [0.25, 0.3) is 0 Å². The van der Waals surface area contributed by atoms with Gasteiger partial charge >= 0.3 is 6.18 Å². The van der Waals surface area contributed by atoms with E-state index in [4.69, 9.17) is 16.3 Å². The maximum absolute atomic E-state index is 13.0. The van der Waals surface area contributed by atoms with Crippen LogP contribution in [0.1, 0.15) is 12.5 Å². The third-order valence-corrected chi connectivity index (χ3v) is 4.32. The number of hydrogen-bond donors (Lipinski definition) is 1.